The highest BCUT2D eigenvalue weighted by Gasteiger charge is 2.20. The Hall–Kier alpha value is -1.11. The van der Waals surface area contributed by atoms with Crippen molar-refractivity contribution in [1.29, 1.82) is 0 Å². The van der Waals surface area contributed by atoms with E-state index in [1.807, 2.05) is 0 Å². The highest BCUT2D eigenvalue weighted by atomic mass is 32.2. The Morgan fingerprint density at radius 2 is 2.05 bits per heavy atom. The number of benzene rings is 1. The fourth-order valence-corrected chi connectivity index (χ4v) is 3.94. The SMILES string of the molecule is Cc1cccc(N)c1S(=O)(=O)NCCOC1CCCC1. The molecule has 1 saturated carbocycles. The highest BCUT2D eigenvalue weighted by Crippen LogP contribution is 2.22. The van der Waals surface area contributed by atoms with Gasteiger partial charge in [-0.25, -0.2) is 13.1 Å². The molecule has 0 spiro atoms. The second kappa shape index (κ2) is 6.56. The van der Waals surface area contributed by atoms with Crippen LogP contribution >= 0.6 is 0 Å². The van der Waals surface area contributed by atoms with E-state index in [9.17, 15) is 8.42 Å². The van der Waals surface area contributed by atoms with Gasteiger partial charge < -0.3 is 10.5 Å². The lowest BCUT2D eigenvalue weighted by Crippen LogP contribution is -2.29. The molecular weight excluding hydrogens is 276 g/mol. The van der Waals surface area contributed by atoms with Gasteiger partial charge in [-0.3, -0.25) is 0 Å². The maximum Gasteiger partial charge on any atom is 0.242 e. The van der Waals surface area contributed by atoms with Crippen LogP contribution in [0, 0.1) is 6.92 Å². The van der Waals surface area contributed by atoms with Gasteiger partial charge in [0, 0.05) is 6.54 Å². The van der Waals surface area contributed by atoms with Crippen LogP contribution in [0.3, 0.4) is 0 Å². The maximum absolute atomic E-state index is 12.2. The zero-order valence-electron chi connectivity index (χ0n) is 11.8. The number of anilines is 1. The van der Waals surface area contributed by atoms with Gasteiger partial charge in [-0.05, 0) is 31.4 Å². The first kappa shape index (κ1) is 15.3. The Morgan fingerprint density at radius 1 is 1.35 bits per heavy atom. The van der Waals surface area contributed by atoms with E-state index in [-0.39, 0.29) is 17.1 Å². The molecule has 3 N–H and O–H groups in total. The molecule has 0 atom stereocenters. The lowest BCUT2D eigenvalue weighted by Gasteiger charge is -2.13. The zero-order valence-corrected chi connectivity index (χ0v) is 12.6. The van der Waals surface area contributed by atoms with Gasteiger partial charge in [-0.1, -0.05) is 25.0 Å². The first-order valence-electron chi connectivity index (χ1n) is 6.97. The van der Waals surface area contributed by atoms with Crippen LogP contribution < -0.4 is 10.5 Å². The third kappa shape index (κ3) is 3.71. The van der Waals surface area contributed by atoms with Gasteiger partial charge in [0.25, 0.3) is 0 Å². The van der Waals surface area contributed by atoms with Crippen LogP contribution in [0.25, 0.3) is 0 Å². The lowest BCUT2D eigenvalue weighted by molar-refractivity contribution is 0.0626. The van der Waals surface area contributed by atoms with Crippen LogP contribution in [0.2, 0.25) is 0 Å². The summed E-state index contributed by atoms with van der Waals surface area (Å²) in [5.41, 5.74) is 6.68. The van der Waals surface area contributed by atoms with Crippen LogP contribution in [0.5, 0.6) is 0 Å². The quantitative estimate of drug-likeness (QED) is 0.620. The van der Waals surface area contributed by atoms with Gasteiger partial charge in [0.2, 0.25) is 10.0 Å². The maximum atomic E-state index is 12.2. The molecule has 1 aliphatic carbocycles. The van der Waals surface area contributed by atoms with Gasteiger partial charge in [0.1, 0.15) is 4.90 Å². The third-order valence-corrected chi connectivity index (χ3v) is 5.24. The van der Waals surface area contributed by atoms with Crippen molar-refractivity contribution in [2.45, 2.75) is 43.6 Å². The van der Waals surface area contributed by atoms with Crippen LogP contribution in [-0.4, -0.2) is 27.7 Å². The van der Waals surface area contributed by atoms with Gasteiger partial charge >= 0.3 is 0 Å². The van der Waals surface area contributed by atoms with Crippen LogP contribution in [0.1, 0.15) is 31.2 Å². The van der Waals surface area contributed by atoms with E-state index in [1.54, 1.807) is 25.1 Å². The summed E-state index contributed by atoms with van der Waals surface area (Å²) in [6.07, 6.45) is 4.87. The molecule has 0 radical (unpaired) electrons. The van der Waals surface area contributed by atoms with Crippen molar-refractivity contribution in [2.75, 3.05) is 18.9 Å². The molecule has 0 unspecified atom stereocenters. The van der Waals surface area contributed by atoms with Gasteiger partial charge in [0.05, 0.1) is 18.4 Å². The van der Waals surface area contributed by atoms with Crippen molar-refractivity contribution >= 4 is 15.7 Å². The monoisotopic (exact) mass is 298 g/mol. The minimum absolute atomic E-state index is 0.167. The molecule has 0 bridgehead atoms. The fraction of sp³-hybridized carbons (Fsp3) is 0.571. The predicted molar refractivity (Wildman–Crippen MR) is 79.0 cm³/mol. The number of ether oxygens (including phenoxy) is 1. The van der Waals surface area contributed by atoms with Gasteiger partial charge in [-0.2, -0.15) is 0 Å². The molecule has 20 heavy (non-hydrogen) atoms. The highest BCUT2D eigenvalue weighted by molar-refractivity contribution is 7.89. The largest absolute Gasteiger partial charge is 0.398 e. The summed E-state index contributed by atoms with van der Waals surface area (Å²) >= 11 is 0. The minimum Gasteiger partial charge on any atom is -0.398 e. The van der Waals surface area contributed by atoms with Crippen molar-refractivity contribution in [3.05, 3.63) is 23.8 Å². The standard InChI is InChI=1S/C14H22N2O3S/c1-11-5-4-8-13(15)14(11)20(17,18)16-9-10-19-12-6-2-3-7-12/h4-5,8,12,16H,2-3,6-7,9-10,15H2,1H3. The molecule has 0 aliphatic heterocycles. The molecule has 1 aliphatic rings. The summed E-state index contributed by atoms with van der Waals surface area (Å²) in [6, 6.07) is 5.07. The van der Waals surface area contributed by atoms with E-state index in [4.69, 9.17) is 10.5 Å². The Labute approximate surface area is 120 Å². The summed E-state index contributed by atoms with van der Waals surface area (Å²) in [6.45, 7) is 2.41. The molecule has 0 heterocycles. The summed E-state index contributed by atoms with van der Waals surface area (Å²) in [4.78, 5) is 0.167. The number of sulfonamides is 1. The zero-order chi connectivity index (χ0) is 14.6. The molecule has 1 fully saturated rings. The second-order valence-electron chi connectivity index (χ2n) is 5.17. The molecule has 1 aromatic rings. The van der Waals surface area contributed by atoms with Crippen molar-refractivity contribution < 1.29 is 13.2 Å². The molecule has 0 aromatic heterocycles. The van der Waals surface area contributed by atoms with E-state index in [1.165, 1.54) is 12.8 Å². The third-order valence-electron chi connectivity index (χ3n) is 3.56. The molecule has 0 saturated heterocycles. The van der Waals surface area contributed by atoms with E-state index in [0.29, 0.717) is 18.3 Å². The first-order chi connectivity index (χ1) is 9.50. The summed E-state index contributed by atoms with van der Waals surface area (Å²) in [7, 11) is -3.57. The van der Waals surface area contributed by atoms with Gasteiger partial charge in [0.15, 0.2) is 0 Å². The molecule has 1 aromatic carbocycles. The van der Waals surface area contributed by atoms with Crippen LogP contribution in [-0.2, 0) is 14.8 Å². The average molecular weight is 298 g/mol. The Bertz CT molecular complexity index is 531. The minimum atomic E-state index is -3.57. The Balaban J connectivity index is 1.90. The van der Waals surface area contributed by atoms with Crippen LogP contribution in [0.4, 0.5) is 5.69 Å². The molecule has 2 rings (SSSR count). The summed E-state index contributed by atoms with van der Waals surface area (Å²) in [5, 5.41) is 0. The molecule has 0 amide bonds. The Kier molecular flexibility index (Phi) is 5.01. The predicted octanol–water partition coefficient (Wildman–Crippen LogP) is 1.81. The van der Waals surface area contributed by atoms with E-state index in [2.05, 4.69) is 4.72 Å². The summed E-state index contributed by atoms with van der Waals surface area (Å²) in [5.74, 6) is 0. The lowest BCUT2D eigenvalue weighted by atomic mass is 10.2. The number of aryl methyl sites for hydroxylation is 1. The Morgan fingerprint density at radius 3 is 2.70 bits per heavy atom. The molecule has 5 nitrogen and oxygen atoms in total. The van der Waals surface area contributed by atoms with Crippen molar-refractivity contribution in [2.24, 2.45) is 0 Å². The van der Waals surface area contributed by atoms with Gasteiger partial charge in [-0.15, -0.1) is 0 Å². The molecule has 6 heteroatoms. The molecule has 112 valence electrons. The van der Waals surface area contributed by atoms with E-state index >= 15 is 0 Å². The first-order valence-corrected chi connectivity index (χ1v) is 8.45. The van der Waals surface area contributed by atoms with Crippen molar-refractivity contribution in [3.8, 4) is 0 Å². The number of nitrogen functional groups attached to an aromatic ring is 1. The number of hydrogen-bond acceptors (Lipinski definition) is 4. The topological polar surface area (TPSA) is 81.4 Å². The number of hydrogen-bond donors (Lipinski definition) is 2. The normalized spacial score (nSPS) is 16.6. The number of rotatable bonds is 6. The second-order valence-corrected chi connectivity index (χ2v) is 6.87. The number of nitrogens with two attached hydrogens (primary N) is 1. The molecular formula is C14H22N2O3S. The smallest absolute Gasteiger partial charge is 0.242 e. The van der Waals surface area contributed by atoms with Crippen LogP contribution in [0.15, 0.2) is 23.1 Å². The fourth-order valence-electron chi connectivity index (χ4n) is 2.57. The van der Waals surface area contributed by atoms with Crippen molar-refractivity contribution in [1.82, 2.24) is 4.72 Å². The summed E-state index contributed by atoms with van der Waals surface area (Å²) < 4.78 is 32.6. The number of nitrogens with one attached hydrogen (secondary N) is 1. The van der Waals surface area contributed by atoms with Crippen molar-refractivity contribution in [3.63, 3.8) is 0 Å². The van der Waals surface area contributed by atoms with E-state index in [0.717, 1.165) is 12.8 Å². The van der Waals surface area contributed by atoms with E-state index < -0.39 is 10.0 Å². The average Bonchev–Trinajstić information content (AvgIpc) is 2.87.